The molecule has 0 aromatic heterocycles. The molecule has 0 aliphatic rings. The lowest BCUT2D eigenvalue weighted by Gasteiger charge is -2.08. The summed E-state index contributed by atoms with van der Waals surface area (Å²) < 4.78 is 9.79. The quantitative estimate of drug-likeness (QED) is 0.298. The first-order valence-corrected chi connectivity index (χ1v) is 8.47. The van der Waals surface area contributed by atoms with Crippen LogP contribution in [-0.4, -0.2) is 31.8 Å². The highest BCUT2D eigenvalue weighted by Crippen LogP contribution is 2.20. The van der Waals surface area contributed by atoms with E-state index in [0.717, 1.165) is 16.3 Å². The van der Waals surface area contributed by atoms with Gasteiger partial charge in [-0.2, -0.15) is 5.10 Å². The second-order valence-corrected chi connectivity index (χ2v) is 5.94. The summed E-state index contributed by atoms with van der Waals surface area (Å²) in [4.78, 5) is 23.6. The number of hydrazone groups is 1. The molecule has 0 saturated carbocycles. The zero-order valence-electron chi connectivity index (χ0n) is 15.2. The zero-order chi connectivity index (χ0) is 19.9. The minimum Gasteiger partial charge on any atom is -0.482 e. The van der Waals surface area contributed by atoms with Crippen molar-refractivity contribution in [3.8, 4) is 5.75 Å². The molecule has 142 valence electrons. The van der Waals surface area contributed by atoms with E-state index in [2.05, 4.69) is 15.2 Å². The van der Waals surface area contributed by atoms with Crippen molar-refractivity contribution in [2.45, 2.75) is 0 Å². The number of methoxy groups -OCH3 is 1. The molecule has 7 nitrogen and oxygen atoms in total. The van der Waals surface area contributed by atoms with E-state index in [1.54, 1.807) is 36.5 Å². The van der Waals surface area contributed by atoms with Gasteiger partial charge in [0.05, 0.1) is 13.3 Å². The topological polar surface area (TPSA) is 103 Å². The molecule has 3 N–H and O–H groups in total. The maximum absolute atomic E-state index is 12.5. The van der Waals surface area contributed by atoms with Gasteiger partial charge in [0.2, 0.25) is 0 Å². The molecule has 1 amide bonds. The van der Waals surface area contributed by atoms with E-state index < -0.39 is 5.97 Å². The fraction of sp³-hybridized carbons (Fsp3) is 0.0952. The molecule has 0 spiro atoms. The highest BCUT2D eigenvalue weighted by molar-refractivity contribution is 6.06. The first-order chi connectivity index (χ1) is 13.6. The number of fused-ring (bicyclic) bond motifs is 1. The first-order valence-electron chi connectivity index (χ1n) is 8.47. The van der Waals surface area contributed by atoms with Gasteiger partial charge in [-0.3, -0.25) is 4.79 Å². The number of hydrogen-bond acceptors (Lipinski definition) is 6. The number of ether oxygens (including phenoxy) is 2. The van der Waals surface area contributed by atoms with E-state index in [9.17, 15) is 9.59 Å². The molecular weight excluding hydrogens is 358 g/mol. The van der Waals surface area contributed by atoms with Crippen molar-refractivity contribution in [2.24, 2.45) is 10.9 Å². The maximum atomic E-state index is 12.5. The van der Waals surface area contributed by atoms with Crippen molar-refractivity contribution >= 4 is 34.6 Å². The minimum absolute atomic E-state index is 0.169. The van der Waals surface area contributed by atoms with E-state index >= 15 is 0 Å². The van der Waals surface area contributed by atoms with Crippen molar-refractivity contribution in [2.75, 3.05) is 19.0 Å². The Morgan fingerprint density at radius 3 is 2.46 bits per heavy atom. The number of anilines is 1. The molecule has 3 aromatic rings. The Kier molecular flexibility index (Phi) is 5.86. The summed E-state index contributed by atoms with van der Waals surface area (Å²) in [6.07, 6.45) is 1.57. The van der Waals surface area contributed by atoms with Crippen LogP contribution in [0, 0.1) is 0 Å². The fourth-order valence-electron chi connectivity index (χ4n) is 2.61. The monoisotopic (exact) mass is 377 g/mol. The number of amides is 1. The summed E-state index contributed by atoms with van der Waals surface area (Å²) in [5.74, 6) is 4.99. The number of hydrogen-bond donors (Lipinski definition) is 2. The van der Waals surface area contributed by atoms with Crippen LogP contribution < -0.4 is 15.9 Å². The van der Waals surface area contributed by atoms with Crippen LogP contribution in [0.25, 0.3) is 10.8 Å². The van der Waals surface area contributed by atoms with Crippen molar-refractivity contribution in [3.05, 3.63) is 71.8 Å². The Morgan fingerprint density at radius 2 is 1.75 bits per heavy atom. The van der Waals surface area contributed by atoms with Gasteiger partial charge in [-0.15, -0.1) is 0 Å². The number of carbonyl (C=O) groups excluding carboxylic acids is 2. The number of esters is 1. The molecule has 0 unspecified atom stereocenters. The van der Waals surface area contributed by atoms with Gasteiger partial charge in [0.15, 0.2) is 6.61 Å². The molecule has 0 aliphatic carbocycles. The SMILES string of the molecule is COC(=O)COc1ccc(NC(=O)c2ccc3cc(C=NN)ccc3c2)cc1. The smallest absolute Gasteiger partial charge is 0.343 e. The molecule has 0 heterocycles. The van der Waals surface area contributed by atoms with Crippen molar-refractivity contribution in [1.82, 2.24) is 0 Å². The van der Waals surface area contributed by atoms with Crippen LogP contribution in [0.3, 0.4) is 0 Å². The lowest BCUT2D eigenvalue weighted by Crippen LogP contribution is -2.13. The van der Waals surface area contributed by atoms with Gasteiger partial charge >= 0.3 is 5.97 Å². The third kappa shape index (κ3) is 4.64. The summed E-state index contributed by atoms with van der Waals surface area (Å²) in [6, 6.07) is 17.9. The van der Waals surface area contributed by atoms with Crippen LogP contribution in [-0.2, 0) is 9.53 Å². The molecule has 0 radical (unpaired) electrons. The molecule has 0 atom stereocenters. The van der Waals surface area contributed by atoms with Gasteiger partial charge in [0.25, 0.3) is 5.91 Å². The van der Waals surface area contributed by atoms with Crippen LogP contribution in [0.4, 0.5) is 5.69 Å². The van der Waals surface area contributed by atoms with Gasteiger partial charge in [0.1, 0.15) is 5.75 Å². The molecule has 7 heteroatoms. The van der Waals surface area contributed by atoms with Crippen molar-refractivity contribution in [1.29, 1.82) is 0 Å². The predicted octanol–water partition coefficient (Wildman–Crippen LogP) is 2.94. The summed E-state index contributed by atoms with van der Waals surface area (Å²) in [7, 11) is 1.30. The van der Waals surface area contributed by atoms with Gasteiger partial charge in [-0.25, -0.2) is 4.79 Å². The Morgan fingerprint density at radius 1 is 1.04 bits per heavy atom. The Bertz CT molecular complexity index is 1030. The second kappa shape index (κ2) is 8.68. The van der Waals surface area contributed by atoms with E-state index in [0.29, 0.717) is 17.0 Å². The van der Waals surface area contributed by atoms with E-state index in [4.69, 9.17) is 10.6 Å². The molecule has 3 aromatic carbocycles. The summed E-state index contributed by atoms with van der Waals surface area (Å²) in [6.45, 7) is -0.169. The Labute approximate surface area is 161 Å². The standard InChI is InChI=1S/C21H19N3O4/c1-27-20(25)13-28-19-8-6-18(7-9-19)24-21(26)17-5-4-15-10-14(12-23-22)2-3-16(15)11-17/h2-12H,13,22H2,1H3,(H,24,26). The highest BCUT2D eigenvalue weighted by Gasteiger charge is 2.08. The fourth-order valence-corrected chi connectivity index (χ4v) is 2.61. The van der Waals surface area contributed by atoms with Crippen LogP contribution in [0.1, 0.15) is 15.9 Å². The normalized spacial score (nSPS) is 10.8. The number of nitrogens with two attached hydrogens (primary N) is 1. The third-order valence-electron chi connectivity index (χ3n) is 4.05. The van der Waals surface area contributed by atoms with Gasteiger partial charge in [-0.1, -0.05) is 18.2 Å². The molecule has 3 rings (SSSR count). The van der Waals surface area contributed by atoms with E-state index in [1.165, 1.54) is 7.11 Å². The number of benzene rings is 3. The average Bonchev–Trinajstić information content (AvgIpc) is 2.72. The number of carbonyl (C=O) groups is 2. The molecule has 0 fully saturated rings. The van der Waals surface area contributed by atoms with Crippen molar-refractivity contribution < 1.29 is 19.1 Å². The highest BCUT2D eigenvalue weighted by atomic mass is 16.6. The van der Waals surface area contributed by atoms with E-state index in [1.807, 2.05) is 30.3 Å². The largest absolute Gasteiger partial charge is 0.482 e. The van der Waals surface area contributed by atoms with Crippen LogP contribution in [0.5, 0.6) is 5.75 Å². The number of nitrogens with one attached hydrogen (secondary N) is 1. The molecular formula is C21H19N3O4. The lowest BCUT2D eigenvalue weighted by atomic mass is 10.0. The summed E-state index contributed by atoms with van der Waals surface area (Å²) in [5, 5.41) is 8.27. The van der Waals surface area contributed by atoms with E-state index in [-0.39, 0.29) is 12.5 Å². The van der Waals surface area contributed by atoms with Gasteiger partial charge in [-0.05, 0) is 58.8 Å². The number of rotatable bonds is 6. The zero-order valence-corrected chi connectivity index (χ0v) is 15.2. The maximum Gasteiger partial charge on any atom is 0.343 e. The first kappa shape index (κ1) is 18.9. The predicted molar refractivity (Wildman–Crippen MR) is 108 cm³/mol. The second-order valence-electron chi connectivity index (χ2n) is 5.94. The van der Waals surface area contributed by atoms with Gasteiger partial charge < -0.3 is 20.6 Å². The van der Waals surface area contributed by atoms with Gasteiger partial charge in [0, 0.05) is 11.3 Å². The Balaban J connectivity index is 1.68. The molecule has 28 heavy (non-hydrogen) atoms. The summed E-state index contributed by atoms with van der Waals surface area (Å²) >= 11 is 0. The van der Waals surface area contributed by atoms with Crippen LogP contribution >= 0.6 is 0 Å². The molecule has 0 bridgehead atoms. The lowest BCUT2D eigenvalue weighted by molar-refractivity contribution is -0.142. The van der Waals surface area contributed by atoms with Crippen LogP contribution in [0.2, 0.25) is 0 Å². The van der Waals surface area contributed by atoms with Crippen molar-refractivity contribution in [3.63, 3.8) is 0 Å². The molecule has 0 aliphatic heterocycles. The number of nitrogens with zero attached hydrogens (tertiary/aromatic N) is 1. The Hall–Kier alpha value is -3.87. The van der Waals surface area contributed by atoms with Crippen LogP contribution in [0.15, 0.2) is 65.8 Å². The molecule has 0 saturated heterocycles. The average molecular weight is 377 g/mol. The summed E-state index contributed by atoms with van der Waals surface area (Å²) in [5.41, 5.74) is 2.05. The third-order valence-corrected chi connectivity index (χ3v) is 4.05. The minimum atomic E-state index is -0.462.